The fourth-order valence-electron chi connectivity index (χ4n) is 4.39. The highest BCUT2D eigenvalue weighted by Crippen LogP contribution is 2.29. The number of thiazole rings is 1. The lowest BCUT2D eigenvalue weighted by Crippen LogP contribution is -2.33. The highest BCUT2D eigenvalue weighted by molar-refractivity contribution is 9.10. The topological polar surface area (TPSA) is 76.8 Å². The highest BCUT2D eigenvalue weighted by atomic mass is 79.9. The van der Waals surface area contributed by atoms with Crippen molar-refractivity contribution >= 4 is 55.2 Å². The van der Waals surface area contributed by atoms with Gasteiger partial charge in [-0.1, -0.05) is 35.6 Å². The molecule has 190 valence electrons. The van der Waals surface area contributed by atoms with Gasteiger partial charge in [-0.25, -0.2) is 9.78 Å². The Balaban J connectivity index is 1.47. The van der Waals surface area contributed by atoms with Crippen molar-refractivity contribution in [2.24, 2.45) is 12.0 Å². The van der Waals surface area contributed by atoms with Crippen molar-refractivity contribution < 1.29 is 14.3 Å². The minimum Gasteiger partial charge on any atom is -0.455 e. The van der Waals surface area contributed by atoms with Crippen molar-refractivity contribution in [2.75, 3.05) is 11.4 Å². The van der Waals surface area contributed by atoms with Crippen LogP contribution in [0.15, 0.2) is 64.1 Å². The Hall–Kier alpha value is -3.30. The average molecular weight is 580 g/mol. The van der Waals surface area contributed by atoms with Crippen LogP contribution in [0.1, 0.15) is 52.7 Å². The van der Waals surface area contributed by atoms with Gasteiger partial charge in [0.15, 0.2) is 10.5 Å². The molecule has 2 aromatic carbocycles. The van der Waals surface area contributed by atoms with E-state index < -0.39 is 11.6 Å². The van der Waals surface area contributed by atoms with Crippen LogP contribution in [0, 0.1) is 0 Å². The number of para-hydroxylation sites is 1. The lowest BCUT2D eigenvalue weighted by atomic mass is 9.94. The number of hydrogen-bond donors (Lipinski definition) is 0. The van der Waals surface area contributed by atoms with Crippen LogP contribution >= 0.6 is 27.3 Å². The number of ether oxygens (including phenoxy) is 1. The Bertz CT molecular complexity index is 1600. The van der Waals surface area contributed by atoms with Gasteiger partial charge in [0, 0.05) is 25.7 Å². The number of nitrogens with zero attached hydrogens (tertiary/aromatic N) is 4. The number of anilines is 1. The van der Waals surface area contributed by atoms with Gasteiger partial charge in [-0.05, 0) is 84.6 Å². The van der Waals surface area contributed by atoms with E-state index in [-0.39, 0.29) is 11.6 Å². The van der Waals surface area contributed by atoms with Crippen LogP contribution in [0.4, 0.5) is 5.82 Å². The second-order valence-electron chi connectivity index (χ2n) is 9.94. The molecule has 1 aliphatic heterocycles. The molecule has 1 aliphatic rings. The van der Waals surface area contributed by atoms with E-state index >= 15 is 0 Å². The maximum absolute atomic E-state index is 13.4. The maximum atomic E-state index is 13.4. The molecule has 0 atom stereocenters. The number of carbonyl (C=O) groups is 2. The van der Waals surface area contributed by atoms with E-state index in [0.717, 1.165) is 34.3 Å². The number of aryl methyl sites for hydroxylation is 1. The summed E-state index contributed by atoms with van der Waals surface area (Å²) < 4.78 is 9.14. The molecule has 3 heterocycles. The first kappa shape index (κ1) is 25.4. The first-order valence-electron chi connectivity index (χ1n) is 12.0. The number of rotatable bonds is 3. The van der Waals surface area contributed by atoms with E-state index in [0.29, 0.717) is 27.2 Å². The zero-order valence-electron chi connectivity index (χ0n) is 21.1. The molecule has 0 saturated carbocycles. The van der Waals surface area contributed by atoms with Crippen LogP contribution in [0.2, 0.25) is 0 Å². The lowest BCUT2D eigenvalue weighted by Gasteiger charge is -2.31. The summed E-state index contributed by atoms with van der Waals surface area (Å²) >= 11 is 4.93. The van der Waals surface area contributed by atoms with Crippen molar-refractivity contribution in [1.29, 1.82) is 0 Å². The predicted octanol–water partition coefficient (Wildman–Crippen LogP) is 5.66. The minimum absolute atomic E-state index is 0.231. The quantitative estimate of drug-likeness (QED) is 0.293. The molecule has 0 spiro atoms. The molecule has 0 radical (unpaired) electrons. The summed E-state index contributed by atoms with van der Waals surface area (Å²) in [5.41, 5.74) is 3.31. The third-order valence-corrected chi connectivity index (χ3v) is 7.92. The standard InChI is InChI=1S/C28H27BrN4O3S/c1-28(2,3)36-26(35)24-20(29)12-13-23(30-24)33-15-14-17-8-7-9-18(19(17)16-33)25(34)31-27-32(4)21-10-5-6-11-22(21)37-27/h5-13H,14-16H2,1-4H3. The SMILES string of the molecule is Cn1c(=NC(=O)c2cccc3c2CN(c2ccc(Br)c(C(=O)OC(C)(C)C)n2)CC3)sc2ccccc21. The molecule has 0 saturated heterocycles. The molecular weight excluding hydrogens is 552 g/mol. The predicted molar refractivity (Wildman–Crippen MR) is 149 cm³/mol. The molecule has 0 N–H and O–H groups in total. The van der Waals surface area contributed by atoms with E-state index in [4.69, 9.17) is 4.74 Å². The number of carbonyl (C=O) groups excluding carboxylic acids is 2. The van der Waals surface area contributed by atoms with Gasteiger partial charge in [-0.2, -0.15) is 4.99 Å². The molecular formula is C28H27BrN4O3S. The van der Waals surface area contributed by atoms with E-state index in [2.05, 4.69) is 36.9 Å². The van der Waals surface area contributed by atoms with E-state index in [1.54, 1.807) is 0 Å². The number of pyridine rings is 1. The Kier molecular flexibility index (Phi) is 6.76. The average Bonchev–Trinajstić information content (AvgIpc) is 3.17. The molecule has 0 bridgehead atoms. The van der Waals surface area contributed by atoms with Crippen LogP contribution in [0.5, 0.6) is 0 Å². The number of esters is 1. The smallest absolute Gasteiger partial charge is 0.358 e. The van der Waals surface area contributed by atoms with Gasteiger partial charge in [0.25, 0.3) is 5.91 Å². The van der Waals surface area contributed by atoms with E-state index in [1.807, 2.05) is 80.9 Å². The maximum Gasteiger partial charge on any atom is 0.358 e. The van der Waals surface area contributed by atoms with Gasteiger partial charge in [0.2, 0.25) is 0 Å². The van der Waals surface area contributed by atoms with Crippen LogP contribution in [0.3, 0.4) is 0 Å². The molecule has 0 fully saturated rings. The Morgan fingerprint density at radius 3 is 2.62 bits per heavy atom. The summed E-state index contributed by atoms with van der Waals surface area (Å²) in [4.78, 5) is 38.0. The summed E-state index contributed by atoms with van der Waals surface area (Å²) in [6.07, 6.45) is 0.757. The largest absolute Gasteiger partial charge is 0.455 e. The number of halogens is 1. The molecule has 1 amide bonds. The lowest BCUT2D eigenvalue weighted by molar-refractivity contribution is 0.00616. The van der Waals surface area contributed by atoms with Crippen LogP contribution in [-0.4, -0.2) is 33.6 Å². The van der Waals surface area contributed by atoms with Gasteiger partial charge in [0.1, 0.15) is 11.4 Å². The first-order chi connectivity index (χ1) is 17.6. The fraction of sp³-hybridized carbons (Fsp3) is 0.286. The van der Waals surface area contributed by atoms with Crippen molar-refractivity contribution in [3.05, 3.63) is 86.3 Å². The number of aromatic nitrogens is 2. The summed E-state index contributed by atoms with van der Waals surface area (Å²) in [6.45, 7) is 6.69. The van der Waals surface area contributed by atoms with Crippen LogP contribution in [0.25, 0.3) is 10.2 Å². The highest BCUT2D eigenvalue weighted by Gasteiger charge is 2.26. The zero-order valence-corrected chi connectivity index (χ0v) is 23.5. The molecule has 5 rings (SSSR count). The third-order valence-electron chi connectivity index (χ3n) is 6.16. The molecule has 37 heavy (non-hydrogen) atoms. The minimum atomic E-state index is -0.623. The van der Waals surface area contributed by atoms with Crippen LogP contribution < -0.4 is 9.70 Å². The normalized spacial score (nSPS) is 14.1. The van der Waals surface area contributed by atoms with Gasteiger partial charge in [-0.3, -0.25) is 4.79 Å². The van der Waals surface area contributed by atoms with Gasteiger partial charge >= 0.3 is 5.97 Å². The Morgan fingerprint density at radius 1 is 1.08 bits per heavy atom. The second kappa shape index (κ2) is 9.87. The molecule has 2 aromatic heterocycles. The fourth-order valence-corrected chi connectivity index (χ4v) is 5.79. The zero-order chi connectivity index (χ0) is 26.3. The van der Waals surface area contributed by atoms with Crippen LogP contribution in [-0.2, 0) is 24.8 Å². The Morgan fingerprint density at radius 2 is 1.86 bits per heavy atom. The number of amides is 1. The van der Waals surface area contributed by atoms with Crippen molar-refractivity contribution in [2.45, 2.75) is 39.3 Å². The van der Waals surface area contributed by atoms with E-state index in [9.17, 15) is 9.59 Å². The molecule has 9 heteroatoms. The van der Waals surface area contributed by atoms with Crippen molar-refractivity contribution in [1.82, 2.24) is 9.55 Å². The molecule has 7 nitrogen and oxygen atoms in total. The summed E-state index contributed by atoms with van der Waals surface area (Å²) in [5, 5.41) is 0. The molecule has 0 unspecified atom stereocenters. The number of benzene rings is 2. The van der Waals surface area contributed by atoms with E-state index in [1.165, 1.54) is 11.3 Å². The number of fused-ring (bicyclic) bond motifs is 2. The van der Waals surface area contributed by atoms with Gasteiger partial charge < -0.3 is 14.2 Å². The van der Waals surface area contributed by atoms with Crippen molar-refractivity contribution in [3.8, 4) is 0 Å². The monoisotopic (exact) mass is 578 g/mol. The Labute approximate surface area is 227 Å². The third kappa shape index (κ3) is 5.24. The summed E-state index contributed by atoms with van der Waals surface area (Å²) in [5.74, 6) is -0.0895. The number of hydrogen-bond acceptors (Lipinski definition) is 6. The molecule has 0 aliphatic carbocycles. The summed E-state index contributed by atoms with van der Waals surface area (Å²) in [6, 6.07) is 17.5. The summed E-state index contributed by atoms with van der Waals surface area (Å²) in [7, 11) is 1.93. The van der Waals surface area contributed by atoms with Crippen molar-refractivity contribution in [3.63, 3.8) is 0 Å². The molecule has 4 aromatic rings. The van der Waals surface area contributed by atoms with Gasteiger partial charge in [0.05, 0.1) is 14.7 Å². The second-order valence-corrected chi connectivity index (χ2v) is 11.8. The first-order valence-corrected chi connectivity index (χ1v) is 13.6. The van der Waals surface area contributed by atoms with Gasteiger partial charge in [-0.15, -0.1) is 0 Å².